The van der Waals surface area contributed by atoms with E-state index in [0.717, 1.165) is 24.3 Å². The zero-order chi connectivity index (χ0) is 19.7. The fraction of sp³-hybridized carbons (Fsp3) is 0.235. The molecule has 0 N–H and O–H groups in total. The second-order valence-corrected chi connectivity index (χ2v) is 5.54. The molecule has 1 amide bonds. The molecule has 0 aliphatic carbocycles. The summed E-state index contributed by atoms with van der Waals surface area (Å²) in [6.45, 7) is 0. The third-order valence-electron chi connectivity index (χ3n) is 3.39. The Morgan fingerprint density at radius 2 is 1.54 bits per heavy atom. The number of ether oxygens (including phenoxy) is 1. The number of hydrogen-bond donors (Lipinski definition) is 0. The highest BCUT2D eigenvalue weighted by molar-refractivity contribution is 5.94. The molecule has 0 saturated heterocycles. The van der Waals surface area contributed by atoms with E-state index in [1.807, 2.05) is 0 Å². The lowest BCUT2D eigenvalue weighted by Crippen LogP contribution is -2.33. The second-order valence-electron chi connectivity index (χ2n) is 5.54. The molecular formula is C17H13F6NO2. The van der Waals surface area contributed by atoms with Crippen molar-refractivity contribution in [1.82, 2.24) is 4.90 Å². The molecule has 3 nitrogen and oxygen atoms in total. The third kappa shape index (κ3) is 3.92. The number of hydrogen-bond acceptors (Lipinski definition) is 2. The summed E-state index contributed by atoms with van der Waals surface area (Å²) in [7, 11) is 2.98. The van der Waals surface area contributed by atoms with Crippen LogP contribution >= 0.6 is 0 Å². The summed E-state index contributed by atoms with van der Waals surface area (Å²) in [6, 6.07) is 6.22. The molecule has 0 spiro atoms. The first-order chi connectivity index (χ1) is 11.9. The summed E-state index contributed by atoms with van der Waals surface area (Å²) in [5, 5.41) is 0. The van der Waals surface area contributed by atoms with E-state index >= 15 is 0 Å². The lowest BCUT2D eigenvalue weighted by Gasteiger charge is -2.20. The van der Waals surface area contributed by atoms with Crippen molar-refractivity contribution in [3.63, 3.8) is 0 Å². The van der Waals surface area contributed by atoms with Crippen LogP contribution < -0.4 is 4.74 Å². The van der Waals surface area contributed by atoms with Gasteiger partial charge in [0.1, 0.15) is 5.75 Å². The molecule has 0 aliphatic rings. The number of amides is 1. The minimum absolute atomic E-state index is 0.0695. The van der Waals surface area contributed by atoms with Crippen LogP contribution in [-0.4, -0.2) is 31.1 Å². The van der Waals surface area contributed by atoms with Crippen molar-refractivity contribution < 1.29 is 35.9 Å². The molecule has 0 saturated carbocycles. The minimum Gasteiger partial charge on any atom is -0.454 e. The highest BCUT2D eigenvalue weighted by Crippen LogP contribution is 2.44. The maximum atomic E-state index is 14.0. The van der Waals surface area contributed by atoms with Crippen LogP contribution in [0, 0.1) is 5.82 Å². The van der Waals surface area contributed by atoms with Gasteiger partial charge in [0.05, 0.1) is 0 Å². The number of carbonyl (C=O) groups is 1. The number of carbonyl (C=O) groups excluding carboxylic acids is 1. The van der Waals surface area contributed by atoms with E-state index in [9.17, 15) is 31.1 Å². The van der Waals surface area contributed by atoms with Gasteiger partial charge in [-0.05, 0) is 42.5 Å². The SMILES string of the molecule is CN(C)C(=O)c1ccc(Oc2ccc(C(F)(F)C(F)(F)F)cc2)c(F)c1. The molecule has 0 aromatic heterocycles. The minimum atomic E-state index is -5.73. The summed E-state index contributed by atoms with van der Waals surface area (Å²) < 4.78 is 82.5. The van der Waals surface area contributed by atoms with E-state index in [0.29, 0.717) is 12.1 Å². The summed E-state index contributed by atoms with van der Waals surface area (Å²) in [5.41, 5.74) is -1.19. The van der Waals surface area contributed by atoms with Crippen LogP contribution in [-0.2, 0) is 5.92 Å². The van der Waals surface area contributed by atoms with Crippen LogP contribution in [0.25, 0.3) is 0 Å². The lowest BCUT2D eigenvalue weighted by atomic mass is 10.1. The Hall–Kier alpha value is -2.71. The van der Waals surface area contributed by atoms with Crippen molar-refractivity contribution in [3.05, 3.63) is 59.4 Å². The predicted molar refractivity (Wildman–Crippen MR) is 80.9 cm³/mol. The van der Waals surface area contributed by atoms with Gasteiger partial charge in [0.25, 0.3) is 5.91 Å². The van der Waals surface area contributed by atoms with Gasteiger partial charge in [0.15, 0.2) is 11.6 Å². The van der Waals surface area contributed by atoms with Crippen molar-refractivity contribution in [1.29, 1.82) is 0 Å². The largest absolute Gasteiger partial charge is 0.458 e. The molecule has 0 fully saturated rings. The van der Waals surface area contributed by atoms with Gasteiger partial charge in [-0.3, -0.25) is 4.79 Å². The zero-order valence-corrected chi connectivity index (χ0v) is 13.6. The van der Waals surface area contributed by atoms with Crippen LogP contribution in [0.2, 0.25) is 0 Å². The molecule has 0 atom stereocenters. The Balaban J connectivity index is 2.21. The highest BCUT2D eigenvalue weighted by Gasteiger charge is 2.58. The van der Waals surface area contributed by atoms with Gasteiger partial charge >= 0.3 is 12.1 Å². The smallest absolute Gasteiger partial charge is 0.454 e. The monoisotopic (exact) mass is 377 g/mol. The van der Waals surface area contributed by atoms with Crippen molar-refractivity contribution in [2.24, 2.45) is 0 Å². The molecule has 0 heterocycles. The second kappa shape index (κ2) is 6.89. The first kappa shape index (κ1) is 19.6. The van der Waals surface area contributed by atoms with Gasteiger partial charge in [-0.2, -0.15) is 22.0 Å². The summed E-state index contributed by atoms with van der Waals surface area (Å²) >= 11 is 0. The van der Waals surface area contributed by atoms with E-state index in [1.165, 1.54) is 25.1 Å². The van der Waals surface area contributed by atoms with Crippen LogP contribution in [0.3, 0.4) is 0 Å². The van der Waals surface area contributed by atoms with Crippen LogP contribution in [0.1, 0.15) is 15.9 Å². The Morgan fingerprint density at radius 1 is 0.962 bits per heavy atom. The summed E-state index contributed by atoms with van der Waals surface area (Å²) in [4.78, 5) is 13.0. The molecule has 0 radical (unpaired) electrons. The number of halogens is 6. The number of nitrogens with zero attached hydrogens (tertiary/aromatic N) is 1. The van der Waals surface area contributed by atoms with Crippen molar-refractivity contribution >= 4 is 5.91 Å². The highest BCUT2D eigenvalue weighted by atomic mass is 19.4. The predicted octanol–water partition coefficient (Wildman–Crippen LogP) is 4.97. The fourth-order valence-corrected chi connectivity index (χ4v) is 2.00. The standard InChI is InChI=1S/C17H13F6NO2/c1-24(2)15(25)10-3-8-14(13(18)9-10)26-12-6-4-11(5-7-12)16(19,20)17(21,22)23/h3-9H,1-2H3. The van der Waals surface area contributed by atoms with Crippen molar-refractivity contribution in [2.45, 2.75) is 12.1 Å². The molecule has 26 heavy (non-hydrogen) atoms. The quantitative estimate of drug-likeness (QED) is 0.704. The Morgan fingerprint density at radius 3 is 2.00 bits per heavy atom. The van der Waals surface area contributed by atoms with E-state index in [1.54, 1.807) is 0 Å². The number of alkyl halides is 5. The van der Waals surface area contributed by atoms with E-state index in [4.69, 9.17) is 4.74 Å². The van der Waals surface area contributed by atoms with Crippen LogP contribution in [0.15, 0.2) is 42.5 Å². The average molecular weight is 377 g/mol. The molecule has 140 valence electrons. The normalized spacial score (nSPS) is 12.0. The Labute approximate surface area is 144 Å². The number of benzene rings is 2. The molecule has 0 bridgehead atoms. The average Bonchev–Trinajstić information content (AvgIpc) is 2.55. The maximum Gasteiger partial charge on any atom is 0.458 e. The van der Waals surface area contributed by atoms with E-state index in [-0.39, 0.29) is 17.1 Å². The molecule has 2 aromatic rings. The Kier molecular flexibility index (Phi) is 5.20. The van der Waals surface area contributed by atoms with E-state index < -0.39 is 29.4 Å². The van der Waals surface area contributed by atoms with Gasteiger partial charge in [0.2, 0.25) is 0 Å². The summed E-state index contributed by atoms with van der Waals surface area (Å²) in [5.74, 6) is -6.78. The first-order valence-electron chi connectivity index (χ1n) is 7.17. The number of rotatable bonds is 4. The van der Waals surface area contributed by atoms with Gasteiger partial charge in [-0.1, -0.05) is 0 Å². The topological polar surface area (TPSA) is 29.5 Å². The molecule has 2 rings (SSSR count). The summed E-state index contributed by atoms with van der Waals surface area (Å²) in [6.07, 6.45) is -5.73. The van der Waals surface area contributed by atoms with Gasteiger partial charge in [0, 0.05) is 25.2 Å². The lowest BCUT2D eigenvalue weighted by molar-refractivity contribution is -0.289. The van der Waals surface area contributed by atoms with Gasteiger partial charge in [-0.15, -0.1) is 0 Å². The van der Waals surface area contributed by atoms with E-state index in [2.05, 4.69) is 0 Å². The molecule has 0 aliphatic heterocycles. The van der Waals surface area contributed by atoms with Crippen LogP contribution in [0.4, 0.5) is 26.3 Å². The van der Waals surface area contributed by atoms with Crippen molar-refractivity contribution in [3.8, 4) is 11.5 Å². The third-order valence-corrected chi connectivity index (χ3v) is 3.39. The Bertz CT molecular complexity index is 800. The van der Waals surface area contributed by atoms with Crippen molar-refractivity contribution in [2.75, 3.05) is 14.1 Å². The van der Waals surface area contributed by atoms with Crippen LogP contribution in [0.5, 0.6) is 11.5 Å². The molecule has 2 aromatic carbocycles. The fourth-order valence-electron chi connectivity index (χ4n) is 2.00. The first-order valence-corrected chi connectivity index (χ1v) is 7.17. The molecular weight excluding hydrogens is 364 g/mol. The maximum absolute atomic E-state index is 14.0. The van der Waals surface area contributed by atoms with Gasteiger partial charge in [-0.25, -0.2) is 4.39 Å². The molecule has 9 heteroatoms. The zero-order valence-electron chi connectivity index (χ0n) is 13.6. The molecule has 0 unspecified atom stereocenters. The van der Waals surface area contributed by atoms with Gasteiger partial charge < -0.3 is 9.64 Å².